The van der Waals surface area contributed by atoms with Gasteiger partial charge in [0.1, 0.15) is 49.3 Å². The number of carboxylic acid groups (broad SMARTS) is 2. The number of carbonyl (C=O) groups is 16. The maximum Gasteiger partial charge on any atom is 0.322 e. The highest BCUT2D eigenvalue weighted by Gasteiger charge is 2.34. The Kier molecular flexibility index (Phi) is 31.4. The molecule has 42 heteroatoms. The summed E-state index contributed by atoms with van der Waals surface area (Å²) >= 11 is 0. The molecule has 22 N–H and O–H groups in total. The summed E-state index contributed by atoms with van der Waals surface area (Å²) in [4.78, 5) is 228. The van der Waals surface area contributed by atoms with Gasteiger partial charge in [0.15, 0.2) is 0 Å². The van der Waals surface area contributed by atoms with Crippen LogP contribution < -0.4 is 96.5 Å². The molecule has 0 aromatic heterocycles. The molecule has 0 saturated carbocycles. The monoisotopic (exact) mass is 1430 g/mol. The van der Waals surface area contributed by atoms with Gasteiger partial charge in [0.05, 0.1) is 46.9 Å². The summed E-state index contributed by atoms with van der Waals surface area (Å²) < 4.78 is 0. The van der Waals surface area contributed by atoms with Crippen molar-refractivity contribution in [3.8, 4) is 0 Å². The average molecular weight is 1430 g/mol. The van der Waals surface area contributed by atoms with Crippen LogP contribution in [0.5, 0.6) is 0 Å². The fraction of sp³-hybridized carbons (Fsp3) is 0.433. The first-order valence-electron chi connectivity index (χ1n) is 31.6. The number of nitrogens with zero attached hydrogens (tertiary/aromatic N) is 2. The second-order valence-electron chi connectivity index (χ2n) is 22.9. The van der Waals surface area contributed by atoms with E-state index in [0.29, 0.717) is 0 Å². The fourth-order valence-electron chi connectivity index (χ4n) is 9.93. The summed E-state index contributed by atoms with van der Waals surface area (Å²) in [6, 6.07) is 2.05. The highest BCUT2D eigenvalue weighted by atomic mass is 16.6. The minimum absolute atomic E-state index is 0.00100. The molecule has 2 unspecified atom stereocenters. The van der Waals surface area contributed by atoms with Crippen LogP contribution in [0, 0.1) is 20.2 Å². The smallest absolute Gasteiger partial charge is 0.322 e. The van der Waals surface area contributed by atoms with Crippen molar-refractivity contribution < 1.29 is 96.8 Å². The lowest BCUT2D eigenvalue weighted by Crippen LogP contribution is -2.57. The quantitative estimate of drug-likeness (QED) is 0.0190. The minimum Gasteiger partial charge on any atom is -0.480 e. The van der Waals surface area contributed by atoms with Crippen LogP contribution in [0.4, 0.5) is 43.7 Å². The Hall–Kier alpha value is -12.8. The number of amides is 16. The first-order valence-corrected chi connectivity index (χ1v) is 31.6. The van der Waals surface area contributed by atoms with E-state index in [4.69, 9.17) is 11.5 Å². The molecule has 550 valence electrons. The van der Waals surface area contributed by atoms with E-state index in [0.717, 1.165) is 24.3 Å². The van der Waals surface area contributed by atoms with Crippen LogP contribution in [-0.2, 0) is 57.5 Å². The number of hydrogen-bond acceptors (Lipinski definition) is 22. The lowest BCUT2D eigenvalue weighted by molar-refractivity contribution is -0.385. The number of urea groups is 2. The molecule has 2 aliphatic rings. The molecule has 0 radical (unpaired) electrons. The second-order valence-corrected chi connectivity index (χ2v) is 22.9. The van der Waals surface area contributed by atoms with Crippen molar-refractivity contribution in [2.45, 2.75) is 113 Å². The van der Waals surface area contributed by atoms with Crippen LogP contribution in [0.15, 0.2) is 60.7 Å². The van der Waals surface area contributed by atoms with E-state index in [9.17, 15) is 107 Å². The Labute approximate surface area is 578 Å². The third-order valence-electron chi connectivity index (χ3n) is 15.0. The van der Waals surface area contributed by atoms with E-state index < -0.39 is 191 Å². The molecule has 5 rings (SSSR count). The molecule has 0 bridgehead atoms. The second kappa shape index (κ2) is 40.2. The van der Waals surface area contributed by atoms with E-state index >= 15 is 0 Å². The minimum atomic E-state index is -1.67. The predicted octanol–water partition coefficient (Wildman–Crippen LogP) is -3.58. The lowest BCUT2D eigenvalue weighted by atomic mass is 10.0. The Morgan fingerprint density at radius 3 is 1.23 bits per heavy atom. The summed E-state index contributed by atoms with van der Waals surface area (Å²) in [5.41, 5.74) is 10.1. The van der Waals surface area contributed by atoms with Gasteiger partial charge in [-0.25, -0.2) is 9.59 Å². The number of unbranched alkanes of at least 4 members (excludes halogenated alkanes) is 2. The number of nitro groups is 2. The zero-order valence-corrected chi connectivity index (χ0v) is 54.5. The number of anilines is 4. The number of aliphatic carboxylic acids is 2. The number of primary amides is 2. The fourth-order valence-corrected chi connectivity index (χ4v) is 9.93. The highest BCUT2D eigenvalue weighted by molar-refractivity contribution is 6.04. The number of hydrogen-bond donors (Lipinski definition) is 20. The van der Waals surface area contributed by atoms with Gasteiger partial charge in [-0.3, -0.25) is 87.4 Å². The molecule has 16 amide bonds. The van der Waals surface area contributed by atoms with Gasteiger partial charge < -0.3 is 107 Å². The standard InChI is InChI=1S/C60H78N20O22/c61-45(81)25-43-57(95)77-41(9-5-21-63-37-17-15-33(79(99)100)23-35(37)51(89)67-27-47(83)73-43)55(93)75-39(53(91)69-29-49(85)86)7-1-3-19-65-59(97)71-31-11-13-32(14-12-31)72-60(98)66-20-4-2-8-40(54(92)70-30-50(87)88)76-56(94)42-10-6-22-64-38-18-16-34(80(101)102)24-36(38)52(90)68-28-48(84)74-44(26-46(62)82)58(96)78-42/h11-18,23-24,39-44,63-64H,1-10,19-22,25-30H2,(H2,61,81)(H2,62,82)(H,67,89)(H,68,90)(H,69,91)(H,70,92)(H,73,83)(H,74,84)(H,75,93)(H,76,94)(H,77,95)(H,78,96)(H,85,86)(H,87,88)(H2,65,71,97)(H2,66,72,98)/t39-,40-,41-,42?,43-,44?/m0/s1. The molecule has 0 spiro atoms. The average Bonchev–Trinajstić information content (AvgIpc) is 1.23. The molecule has 3 aromatic rings. The number of carboxylic acids is 2. The number of benzene rings is 3. The molecule has 0 saturated heterocycles. The number of nitrogens with two attached hydrogens (primary N) is 2. The number of non-ortho nitro benzene ring substituents is 2. The molecule has 102 heavy (non-hydrogen) atoms. The van der Waals surface area contributed by atoms with E-state index in [-0.39, 0.29) is 124 Å². The van der Waals surface area contributed by atoms with Gasteiger partial charge in [-0.1, -0.05) is 0 Å². The maximum atomic E-state index is 14.0. The molecule has 0 aliphatic carbocycles. The summed E-state index contributed by atoms with van der Waals surface area (Å²) in [5, 5.41) is 81.2. The molecular weight excluding hydrogens is 1350 g/mol. The van der Waals surface area contributed by atoms with Gasteiger partial charge in [0.2, 0.25) is 59.1 Å². The van der Waals surface area contributed by atoms with E-state index in [2.05, 4.69) is 85.1 Å². The molecule has 0 fully saturated rings. The number of nitrogens with one attached hydrogen (secondary N) is 16. The first kappa shape index (κ1) is 79.9. The van der Waals surface area contributed by atoms with E-state index in [1.54, 1.807) is 0 Å². The van der Waals surface area contributed by atoms with Crippen LogP contribution >= 0.6 is 0 Å². The van der Waals surface area contributed by atoms with Gasteiger partial charge in [0, 0.05) is 73.2 Å². The Morgan fingerprint density at radius 2 is 0.882 bits per heavy atom. The maximum absolute atomic E-state index is 14.0. The van der Waals surface area contributed by atoms with Crippen LogP contribution in [0.1, 0.15) is 97.8 Å². The third-order valence-corrected chi connectivity index (χ3v) is 15.0. The molecule has 6 atom stereocenters. The normalized spacial score (nSPS) is 17.4. The van der Waals surface area contributed by atoms with Crippen molar-refractivity contribution in [1.29, 1.82) is 0 Å². The van der Waals surface area contributed by atoms with Gasteiger partial charge in [-0.15, -0.1) is 0 Å². The largest absolute Gasteiger partial charge is 0.480 e. The van der Waals surface area contributed by atoms with E-state index in [1.165, 1.54) is 36.4 Å². The van der Waals surface area contributed by atoms with Gasteiger partial charge in [-0.2, -0.15) is 0 Å². The summed E-state index contributed by atoms with van der Waals surface area (Å²) in [5.74, 6) is -14.6. The van der Waals surface area contributed by atoms with Crippen LogP contribution in [0.3, 0.4) is 0 Å². The zero-order valence-electron chi connectivity index (χ0n) is 54.5. The Bertz CT molecular complexity index is 3440. The van der Waals surface area contributed by atoms with Crippen molar-refractivity contribution in [3.05, 3.63) is 92.0 Å². The Balaban J connectivity index is 1.12. The first-order chi connectivity index (χ1) is 48.5. The van der Waals surface area contributed by atoms with Crippen molar-refractivity contribution in [1.82, 2.24) is 63.8 Å². The molecular formula is C60H78N20O22. The number of fused-ring (bicyclic) bond motifs is 2. The number of nitro benzene ring substituents is 2. The van der Waals surface area contributed by atoms with Gasteiger partial charge >= 0.3 is 24.0 Å². The van der Waals surface area contributed by atoms with Crippen molar-refractivity contribution in [2.24, 2.45) is 11.5 Å². The van der Waals surface area contributed by atoms with Gasteiger partial charge in [0.25, 0.3) is 23.2 Å². The van der Waals surface area contributed by atoms with Crippen LogP contribution in [0.2, 0.25) is 0 Å². The van der Waals surface area contributed by atoms with Crippen LogP contribution in [-0.4, -0.2) is 204 Å². The topological polar surface area (TPSA) is 644 Å². The summed E-state index contributed by atoms with van der Waals surface area (Å²) in [6.07, 6.45) is -1.39. The van der Waals surface area contributed by atoms with Crippen molar-refractivity contribution >= 4 is 129 Å². The SMILES string of the molecule is NC(=O)CC1NC(=O)CNC(=O)c2cc([N+](=O)[O-])ccc2NCCCC(C(=O)N[C@@H](CCCCNC(=O)Nc2ccc(NC(=O)NCCCC[C@H](NC(=O)[C@@H]3CCCNc4ccc([N+](=O)[O-])cc4C(=O)NCC(=O)N[C@@H](CC(N)=O)C(=O)N3)C(=O)NCC(=O)O)cc2)C(=O)NCC(=O)O)NC1=O. The molecule has 42 nitrogen and oxygen atoms in total. The number of carbonyl (C=O) groups excluding carboxylic acids is 14. The summed E-state index contributed by atoms with van der Waals surface area (Å²) in [7, 11) is 0. The van der Waals surface area contributed by atoms with Crippen molar-refractivity contribution in [2.75, 3.05) is 73.6 Å². The molecule has 3 aromatic carbocycles. The summed E-state index contributed by atoms with van der Waals surface area (Å²) in [6.45, 7) is -3.19. The van der Waals surface area contributed by atoms with E-state index in [1.807, 2.05) is 0 Å². The zero-order chi connectivity index (χ0) is 75.0. The van der Waals surface area contributed by atoms with Crippen molar-refractivity contribution in [3.63, 3.8) is 0 Å². The highest BCUT2D eigenvalue weighted by Crippen LogP contribution is 2.25. The molecule has 2 aliphatic heterocycles. The molecule has 2 heterocycles. The lowest BCUT2D eigenvalue weighted by Gasteiger charge is -2.25. The van der Waals surface area contributed by atoms with Crippen LogP contribution in [0.25, 0.3) is 0 Å². The van der Waals surface area contributed by atoms with Gasteiger partial charge in [-0.05, 0) is 101 Å². The predicted molar refractivity (Wildman–Crippen MR) is 355 cm³/mol. The Morgan fingerprint density at radius 1 is 0.510 bits per heavy atom. The third kappa shape index (κ3) is 27.6. The number of rotatable bonds is 28.